The van der Waals surface area contributed by atoms with Crippen LogP contribution in [0.4, 0.5) is 11.4 Å². The van der Waals surface area contributed by atoms with Gasteiger partial charge in [0.15, 0.2) is 0 Å². The third kappa shape index (κ3) is 2.51. The lowest BCUT2D eigenvalue weighted by atomic mass is 10.2. The molecule has 1 aromatic carbocycles. The highest BCUT2D eigenvalue weighted by Crippen LogP contribution is 2.15. The van der Waals surface area contributed by atoms with Crippen LogP contribution in [0.2, 0.25) is 0 Å². The van der Waals surface area contributed by atoms with E-state index in [-0.39, 0.29) is 0 Å². The van der Waals surface area contributed by atoms with E-state index in [9.17, 15) is 0 Å². The molecule has 1 N–H and O–H groups in total. The first-order chi connectivity index (χ1) is 6.27. The van der Waals surface area contributed by atoms with Crippen molar-refractivity contribution in [1.82, 2.24) is 0 Å². The number of nitrogens with one attached hydrogen (secondary N) is 1. The van der Waals surface area contributed by atoms with E-state index in [1.54, 1.807) is 0 Å². The van der Waals surface area contributed by atoms with Gasteiger partial charge in [-0.25, -0.2) is 0 Å². The number of rotatable bonds is 4. The van der Waals surface area contributed by atoms with Gasteiger partial charge in [0, 0.05) is 32.0 Å². The van der Waals surface area contributed by atoms with Crippen molar-refractivity contribution in [3.05, 3.63) is 36.9 Å². The van der Waals surface area contributed by atoms with Gasteiger partial charge in [0.05, 0.1) is 0 Å². The van der Waals surface area contributed by atoms with E-state index < -0.39 is 0 Å². The van der Waals surface area contributed by atoms with Gasteiger partial charge in [-0.15, -0.1) is 6.58 Å². The first-order valence-electron chi connectivity index (χ1n) is 4.37. The Kier molecular flexibility index (Phi) is 3.38. The van der Waals surface area contributed by atoms with Crippen molar-refractivity contribution >= 4 is 11.4 Å². The van der Waals surface area contributed by atoms with Gasteiger partial charge < -0.3 is 10.2 Å². The van der Waals surface area contributed by atoms with Crippen molar-refractivity contribution in [2.45, 2.75) is 0 Å². The zero-order chi connectivity index (χ0) is 9.68. The zero-order valence-corrected chi connectivity index (χ0v) is 8.25. The molecule has 0 amide bonds. The smallest absolute Gasteiger partial charge is 0.0367 e. The minimum Gasteiger partial charge on any atom is -0.388 e. The summed E-state index contributed by atoms with van der Waals surface area (Å²) in [5, 5.41) is 3.09. The Labute approximate surface area is 79.9 Å². The second-order valence-electron chi connectivity index (χ2n) is 2.97. The Hall–Kier alpha value is -1.44. The lowest BCUT2D eigenvalue weighted by molar-refractivity contribution is 1.03. The number of anilines is 2. The van der Waals surface area contributed by atoms with E-state index in [4.69, 9.17) is 0 Å². The van der Waals surface area contributed by atoms with Gasteiger partial charge in [-0.3, -0.25) is 0 Å². The van der Waals surface area contributed by atoms with Gasteiger partial charge in [-0.05, 0) is 24.3 Å². The maximum Gasteiger partial charge on any atom is 0.0367 e. The zero-order valence-electron chi connectivity index (χ0n) is 8.25. The molecule has 1 rings (SSSR count). The molecule has 2 nitrogen and oxygen atoms in total. The summed E-state index contributed by atoms with van der Waals surface area (Å²) in [6.45, 7) is 4.58. The van der Waals surface area contributed by atoms with E-state index in [0.29, 0.717) is 0 Å². The SMILES string of the molecule is C=CCN(C)c1ccc(NC)cc1. The van der Waals surface area contributed by atoms with Crippen LogP contribution in [0.3, 0.4) is 0 Å². The molecule has 0 saturated heterocycles. The number of hydrogen-bond acceptors (Lipinski definition) is 2. The van der Waals surface area contributed by atoms with Gasteiger partial charge >= 0.3 is 0 Å². The summed E-state index contributed by atoms with van der Waals surface area (Å²) in [6.07, 6.45) is 1.89. The molecule has 0 aliphatic carbocycles. The van der Waals surface area contributed by atoms with Crippen LogP contribution in [0.15, 0.2) is 36.9 Å². The van der Waals surface area contributed by atoms with Gasteiger partial charge in [0.1, 0.15) is 0 Å². The minimum absolute atomic E-state index is 0.874. The Bertz CT molecular complexity index is 264. The topological polar surface area (TPSA) is 15.3 Å². The average Bonchev–Trinajstić information content (AvgIpc) is 2.18. The van der Waals surface area contributed by atoms with Crippen LogP contribution in [0.25, 0.3) is 0 Å². The molecule has 0 bridgehead atoms. The van der Waals surface area contributed by atoms with Crippen LogP contribution in [0.1, 0.15) is 0 Å². The van der Waals surface area contributed by atoms with Crippen molar-refractivity contribution in [2.75, 3.05) is 30.9 Å². The van der Waals surface area contributed by atoms with Crippen LogP contribution in [0, 0.1) is 0 Å². The summed E-state index contributed by atoms with van der Waals surface area (Å²) in [5.74, 6) is 0. The molecule has 2 heteroatoms. The summed E-state index contributed by atoms with van der Waals surface area (Å²) in [4.78, 5) is 2.15. The van der Waals surface area contributed by atoms with Gasteiger partial charge in [0.25, 0.3) is 0 Å². The molecule has 0 aliphatic heterocycles. The molecule has 0 heterocycles. The highest BCUT2D eigenvalue weighted by Gasteiger charge is 1.96. The Morgan fingerprint density at radius 1 is 1.38 bits per heavy atom. The summed E-state index contributed by atoms with van der Waals surface area (Å²) in [6, 6.07) is 8.31. The highest BCUT2D eigenvalue weighted by molar-refractivity contribution is 5.54. The molecular weight excluding hydrogens is 160 g/mol. The summed E-state index contributed by atoms with van der Waals surface area (Å²) in [7, 11) is 3.97. The maximum atomic E-state index is 3.71. The van der Waals surface area contributed by atoms with Crippen LogP contribution < -0.4 is 10.2 Å². The van der Waals surface area contributed by atoms with Gasteiger partial charge in [0.2, 0.25) is 0 Å². The van der Waals surface area contributed by atoms with Crippen LogP contribution in [-0.2, 0) is 0 Å². The number of nitrogens with zero attached hydrogens (tertiary/aromatic N) is 1. The Balaban J connectivity index is 2.73. The van der Waals surface area contributed by atoms with Crippen molar-refractivity contribution < 1.29 is 0 Å². The molecule has 0 unspecified atom stereocenters. The number of likely N-dealkylation sites (N-methyl/N-ethyl adjacent to an activating group) is 1. The first-order valence-corrected chi connectivity index (χ1v) is 4.37. The second kappa shape index (κ2) is 4.55. The van der Waals surface area contributed by atoms with Crippen molar-refractivity contribution in [2.24, 2.45) is 0 Å². The highest BCUT2D eigenvalue weighted by atomic mass is 15.1. The first kappa shape index (κ1) is 9.65. The maximum absolute atomic E-state index is 3.71. The summed E-state index contributed by atoms with van der Waals surface area (Å²) in [5.41, 5.74) is 2.34. The van der Waals surface area contributed by atoms with E-state index in [2.05, 4.69) is 48.1 Å². The molecule has 70 valence electrons. The van der Waals surface area contributed by atoms with E-state index in [1.807, 2.05) is 13.1 Å². The normalized spacial score (nSPS) is 9.38. The fourth-order valence-corrected chi connectivity index (χ4v) is 1.18. The quantitative estimate of drug-likeness (QED) is 0.708. The summed E-state index contributed by atoms with van der Waals surface area (Å²) < 4.78 is 0. The molecule has 13 heavy (non-hydrogen) atoms. The van der Waals surface area contributed by atoms with Crippen LogP contribution in [0.5, 0.6) is 0 Å². The molecule has 0 fully saturated rings. The Morgan fingerprint density at radius 3 is 2.46 bits per heavy atom. The predicted molar refractivity (Wildman–Crippen MR) is 59.5 cm³/mol. The third-order valence-electron chi connectivity index (χ3n) is 2.00. The molecule has 0 radical (unpaired) electrons. The largest absolute Gasteiger partial charge is 0.388 e. The monoisotopic (exact) mass is 176 g/mol. The number of benzene rings is 1. The standard InChI is InChI=1S/C11H16N2/c1-4-9-13(3)11-7-5-10(12-2)6-8-11/h4-8,12H,1,9H2,2-3H3. The van der Waals surface area contributed by atoms with Crippen LogP contribution >= 0.6 is 0 Å². The van der Waals surface area contributed by atoms with E-state index in [0.717, 1.165) is 12.2 Å². The lowest BCUT2D eigenvalue weighted by Gasteiger charge is -2.17. The van der Waals surface area contributed by atoms with Gasteiger partial charge in [-0.2, -0.15) is 0 Å². The van der Waals surface area contributed by atoms with Crippen molar-refractivity contribution in [3.63, 3.8) is 0 Å². The van der Waals surface area contributed by atoms with Crippen molar-refractivity contribution in [3.8, 4) is 0 Å². The lowest BCUT2D eigenvalue weighted by Crippen LogP contribution is -2.16. The van der Waals surface area contributed by atoms with Gasteiger partial charge in [-0.1, -0.05) is 6.08 Å². The summed E-state index contributed by atoms with van der Waals surface area (Å²) >= 11 is 0. The Morgan fingerprint density at radius 2 is 2.00 bits per heavy atom. The minimum atomic E-state index is 0.874. The van der Waals surface area contributed by atoms with Crippen molar-refractivity contribution in [1.29, 1.82) is 0 Å². The molecule has 0 spiro atoms. The molecule has 0 aliphatic rings. The fourth-order valence-electron chi connectivity index (χ4n) is 1.18. The van der Waals surface area contributed by atoms with Crippen LogP contribution in [-0.4, -0.2) is 20.6 Å². The fraction of sp³-hybridized carbons (Fsp3) is 0.273. The molecule has 0 aromatic heterocycles. The molecule has 1 aromatic rings. The molecular formula is C11H16N2. The average molecular weight is 176 g/mol. The molecule has 0 atom stereocenters. The molecule has 0 saturated carbocycles. The van der Waals surface area contributed by atoms with E-state index >= 15 is 0 Å². The third-order valence-corrected chi connectivity index (χ3v) is 2.00. The van der Waals surface area contributed by atoms with E-state index in [1.165, 1.54) is 5.69 Å². The second-order valence-corrected chi connectivity index (χ2v) is 2.97. The number of hydrogen-bond donors (Lipinski definition) is 1. The predicted octanol–water partition coefficient (Wildman–Crippen LogP) is 2.35.